The summed E-state index contributed by atoms with van der Waals surface area (Å²) in [5.74, 6) is 0.824. The van der Waals surface area contributed by atoms with Gasteiger partial charge in [-0.2, -0.15) is 0 Å². The Labute approximate surface area is 118 Å². The molecule has 106 valence electrons. The van der Waals surface area contributed by atoms with Gasteiger partial charge in [-0.25, -0.2) is 4.98 Å². The van der Waals surface area contributed by atoms with Gasteiger partial charge in [0, 0.05) is 32.4 Å². The van der Waals surface area contributed by atoms with Crippen molar-refractivity contribution in [2.75, 3.05) is 6.54 Å². The number of carbonyl (C=O) groups excluding carboxylic acids is 1. The van der Waals surface area contributed by atoms with Crippen molar-refractivity contribution in [1.82, 2.24) is 14.9 Å². The highest BCUT2D eigenvalue weighted by Gasteiger charge is 2.13. The first kappa shape index (κ1) is 14.3. The number of imidazole rings is 1. The Morgan fingerprint density at radius 2 is 2.15 bits per heavy atom. The minimum Gasteiger partial charge on any atom is -0.354 e. The Morgan fingerprint density at radius 1 is 1.40 bits per heavy atom. The first-order valence-electron chi connectivity index (χ1n) is 6.70. The lowest BCUT2D eigenvalue weighted by atomic mass is 10.1. The van der Waals surface area contributed by atoms with Crippen LogP contribution >= 0.6 is 0 Å². The zero-order chi connectivity index (χ0) is 14.4. The summed E-state index contributed by atoms with van der Waals surface area (Å²) in [5.41, 5.74) is 6.97. The third-order valence-corrected chi connectivity index (χ3v) is 3.20. The van der Waals surface area contributed by atoms with E-state index >= 15 is 0 Å². The molecule has 5 nitrogen and oxygen atoms in total. The summed E-state index contributed by atoms with van der Waals surface area (Å²) in [5, 5.41) is 2.85. The molecule has 20 heavy (non-hydrogen) atoms. The lowest BCUT2D eigenvalue weighted by molar-refractivity contribution is -0.122. The molecule has 0 bridgehead atoms. The molecular weight excluding hydrogens is 252 g/mol. The summed E-state index contributed by atoms with van der Waals surface area (Å²) >= 11 is 0. The van der Waals surface area contributed by atoms with Crippen molar-refractivity contribution in [3.8, 4) is 0 Å². The van der Waals surface area contributed by atoms with Crippen LogP contribution in [0.2, 0.25) is 0 Å². The number of nitrogens with two attached hydrogens (primary N) is 1. The predicted molar refractivity (Wildman–Crippen MR) is 78.0 cm³/mol. The fraction of sp³-hybridized carbons (Fsp3) is 0.333. The van der Waals surface area contributed by atoms with Crippen molar-refractivity contribution in [1.29, 1.82) is 0 Å². The summed E-state index contributed by atoms with van der Waals surface area (Å²) in [4.78, 5) is 16.1. The van der Waals surface area contributed by atoms with E-state index in [0.717, 1.165) is 11.4 Å². The highest BCUT2D eigenvalue weighted by molar-refractivity contribution is 5.81. The van der Waals surface area contributed by atoms with Gasteiger partial charge in [-0.3, -0.25) is 4.79 Å². The molecular formula is C15H20N4O. The van der Waals surface area contributed by atoms with E-state index in [-0.39, 0.29) is 5.91 Å². The molecule has 5 heteroatoms. The van der Waals surface area contributed by atoms with Gasteiger partial charge in [-0.1, -0.05) is 30.3 Å². The van der Waals surface area contributed by atoms with E-state index in [0.29, 0.717) is 19.4 Å². The molecule has 0 aliphatic carbocycles. The standard InChI is InChI=1S/C15H20N4O/c1-19-10-9-17-14(19)7-8-18-15(20)13(16)11-12-5-3-2-4-6-12/h2-6,9-10,13H,7-8,11,16H2,1H3,(H,18,20)/t13-/m0/s1. The van der Waals surface area contributed by atoms with Crippen LogP contribution in [0.15, 0.2) is 42.7 Å². The Kier molecular flexibility index (Phi) is 4.90. The molecule has 1 aromatic heterocycles. The number of nitrogens with zero attached hydrogens (tertiary/aromatic N) is 2. The highest BCUT2D eigenvalue weighted by atomic mass is 16.2. The van der Waals surface area contributed by atoms with Crippen LogP contribution in [0, 0.1) is 0 Å². The van der Waals surface area contributed by atoms with Crippen LogP contribution in [0.25, 0.3) is 0 Å². The first-order chi connectivity index (χ1) is 9.66. The molecule has 1 heterocycles. The Bertz CT molecular complexity index is 550. The molecule has 0 aliphatic rings. The lowest BCUT2D eigenvalue weighted by Crippen LogP contribution is -2.42. The minimum absolute atomic E-state index is 0.122. The van der Waals surface area contributed by atoms with Gasteiger partial charge in [0.05, 0.1) is 6.04 Å². The second kappa shape index (κ2) is 6.86. The van der Waals surface area contributed by atoms with Crippen LogP contribution in [0.1, 0.15) is 11.4 Å². The summed E-state index contributed by atoms with van der Waals surface area (Å²) in [6, 6.07) is 9.27. The van der Waals surface area contributed by atoms with Crippen molar-refractivity contribution in [2.24, 2.45) is 12.8 Å². The van der Waals surface area contributed by atoms with Gasteiger partial charge in [-0.15, -0.1) is 0 Å². The Morgan fingerprint density at radius 3 is 2.80 bits per heavy atom. The van der Waals surface area contributed by atoms with Crippen molar-refractivity contribution in [3.63, 3.8) is 0 Å². The molecule has 2 rings (SSSR count). The van der Waals surface area contributed by atoms with Crippen LogP contribution < -0.4 is 11.1 Å². The molecule has 3 N–H and O–H groups in total. The summed E-state index contributed by atoms with van der Waals surface area (Å²) in [7, 11) is 1.94. The number of carbonyl (C=O) groups is 1. The Hall–Kier alpha value is -2.14. The molecule has 0 saturated heterocycles. The lowest BCUT2D eigenvalue weighted by Gasteiger charge is -2.12. The molecule has 0 radical (unpaired) electrons. The fourth-order valence-corrected chi connectivity index (χ4v) is 2.03. The summed E-state index contributed by atoms with van der Waals surface area (Å²) < 4.78 is 1.94. The average molecular weight is 272 g/mol. The number of benzene rings is 1. The van der Waals surface area contributed by atoms with Gasteiger partial charge in [0.25, 0.3) is 0 Å². The van der Waals surface area contributed by atoms with Crippen molar-refractivity contribution in [2.45, 2.75) is 18.9 Å². The topological polar surface area (TPSA) is 72.9 Å². The smallest absolute Gasteiger partial charge is 0.237 e. The number of nitrogens with one attached hydrogen (secondary N) is 1. The third-order valence-electron chi connectivity index (χ3n) is 3.20. The predicted octanol–water partition coefficient (Wildman–Crippen LogP) is 0.649. The van der Waals surface area contributed by atoms with E-state index in [1.54, 1.807) is 6.20 Å². The largest absolute Gasteiger partial charge is 0.354 e. The molecule has 1 atom stereocenters. The quantitative estimate of drug-likeness (QED) is 0.811. The van der Waals surface area contributed by atoms with E-state index in [1.165, 1.54) is 0 Å². The van der Waals surface area contributed by atoms with Crippen LogP contribution in [-0.2, 0) is 24.7 Å². The maximum atomic E-state index is 11.9. The molecule has 1 amide bonds. The van der Waals surface area contributed by atoms with Crippen molar-refractivity contribution in [3.05, 3.63) is 54.1 Å². The number of amides is 1. The van der Waals surface area contributed by atoms with Gasteiger partial charge in [0.15, 0.2) is 0 Å². The van der Waals surface area contributed by atoms with Crippen molar-refractivity contribution >= 4 is 5.91 Å². The molecule has 0 spiro atoms. The number of rotatable bonds is 6. The molecule has 0 saturated carbocycles. The number of aryl methyl sites for hydroxylation is 1. The number of aromatic nitrogens is 2. The zero-order valence-electron chi connectivity index (χ0n) is 11.6. The average Bonchev–Trinajstić information content (AvgIpc) is 2.85. The third kappa shape index (κ3) is 3.93. The van der Waals surface area contributed by atoms with E-state index in [2.05, 4.69) is 10.3 Å². The zero-order valence-corrected chi connectivity index (χ0v) is 11.6. The monoisotopic (exact) mass is 272 g/mol. The molecule has 0 fully saturated rings. The van der Waals surface area contributed by atoms with Gasteiger partial charge < -0.3 is 15.6 Å². The van der Waals surface area contributed by atoms with Crippen LogP contribution in [0.4, 0.5) is 0 Å². The number of hydrogen-bond donors (Lipinski definition) is 2. The summed E-state index contributed by atoms with van der Waals surface area (Å²) in [6.07, 6.45) is 4.89. The second-order valence-corrected chi connectivity index (χ2v) is 4.79. The Balaban J connectivity index is 1.76. The van der Waals surface area contributed by atoms with Crippen LogP contribution in [0.5, 0.6) is 0 Å². The SMILES string of the molecule is Cn1ccnc1CCNC(=O)[C@@H](N)Cc1ccccc1. The maximum Gasteiger partial charge on any atom is 0.237 e. The number of hydrogen-bond acceptors (Lipinski definition) is 3. The normalized spacial score (nSPS) is 12.1. The van der Waals surface area contributed by atoms with Gasteiger partial charge in [-0.05, 0) is 12.0 Å². The minimum atomic E-state index is -0.515. The van der Waals surface area contributed by atoms with E-state index in [9.17, 15) is 4.79 Å². The van der Waals surface area contributed by atoms with Crippen LogP contribution in [-0.4, -0.2) is 28.0 Å². The van der Waals surface area contributed by atoms with E-state index in [1.807, 2.05) is 48.1 Å². The van der Waals surface area contributed by atoms with E-state index < -0.39 is 6.04 Å². The van der Waals surface area contributed by atoms with Crippen LogP contribution in [0.3, 0.4) is 0 Å². The van der Waals surface area contributed by atoms with Gasteiger partial charge in [0.2, 0.25) is 5.91 Å². The second-order valence-electron chi connectivity index (χ2n) is 4.79. The maximum absolute atomic E-state index is 11.9. The molecule has 0 aliphatic heterocycles. The van der Waals surface area contributed by atoms with Gasteiger partial charge in [0.1, 0.15) is 5.82 Å². The molecule has 2 aromatic rings. The highest BCUT2D eigenvalue weighted by Crippen LogP contribution is 2.02. The fourth-order valence-electron chi connectivity index (χ4n) is 2.03. The van der Waals surface area contributed by atoms with Crippen molar-refractivity contribution < 1.29 is 4.79 Å². The van der Waals surface area contributed by atoms with E-state index in [4.69, 9.17) is 5.73 Å². The summed E-state index contributed by atoms with van der Waals surface area (Å²) in [6.45, 7) is 0.548. The molecule has 0 unspecified atom stereocenters. The first-order valence-corrected chi connectivity index (χ1v) is 6.70. The molecule has 1 aromatic carbocycles. The van der Waals surface area contributed by atoms with Gasteiger partial charge >= 0.3 is 0 Å².